The van der Waals surface area contributed by atoms with Crippen molar-refractivity contribution < 1.29 is 9.18 Å². The average Bonchev–Trinajstić information content (AvgIpc) is 2.85. The molecule has 0 fully saturated rings. The van der Waals surface area contributed by atoms with Crippen LogP contribution in [0.15, 0.2) is 36.4 Å². The van der Waals surface area contributed by atoms with Crippen molar-refractivity contribution in [3.05, 3.63) is 63.1 Å². The predicted octanol–water partition coefficient (Wildman–Crippen LogP) is 3.95. The third kappa shape index (κ3) is 3.03. The zero-order chi connectivity index (χ0) is 15.7. The molecule has 1 amide bonds. The number of carbonyl (C=O) groups excluding carboxylic acids is 1. The van der Waals surface area contributed by atoms with Gasteiger partial charge < -0.3 is 15.3 Å². The van der Waals surface area contributed by atoms with E-state index in [1.165, 1.54) is 12.1 Å². The van der Waals surface area contributed by atoms with E-state index in [1.807, 2.05) is 12.1 Å². The molecule has 0 bridgehead atoms. The molecule has 22 heavy (non-hydrogen) atoms. The minimum Gasteiger partial charge on any atom is -0.348 e. The summed E-state index contributed by atoms with van der Waals surface area (Å²) in [5, 5.41) is 3.37. The van der Waals surface area contributed by atoms with E-state index in [2.05, 4.69) is 15.3 Å². The summed E-state index contributed by atoms with van der Waals surface area (Å²) < 4.78 is 14.0. The van der Waals surface area contributed by atoms with Crippen molar-refractivity contribution >= 4 is 40.8 Å². The molecule has 0 spiro atoms. The van der Waals surface area contributed by atoms with Gasteiger partial charge in [0.05, 0.1) is 16.6 Å². The molecule has 0 saturated carbocycles. The lowest BCUT2D eigenvalue weighted by Gasteiger charge is -2.07. The fraction of sp³-hybridized carbons (Fsp3) is 0.0667. The summed E-state index contributed by atoms with van der Waals surface area (Å²) in [6, 6.07) is 9.58. The van der Waals surface area contributed by atoms with Gasteiger partial charge in [-0.3, -0.25) is 4.79 Å². The molecule has 7 heteroatoms. The number of fused-ring (bicyclic) bond motifs is 1. The molecule has 1 heterocycles. The Morgan fingerprint density at radius 1 is 1.23 bits per heavy atom. The summed E-state index contributed by atoms with van der Waals surface area (Å²) in [5.41, 5.74) is 2.05. The fourth-order valence-electron chi connectivity index (χ4n) is 2.17. The van der Waals surface area contributed by atoms with Crippen LogP contribution >= 0.6 is 23.8 Å². The van der Waals surface area contributed by atoms with E-state index in [0.29, 0.717) is 27.4 Å². The lowest BCUT2D eigenvalue weighted by atomic mass is 10.1. The zero-order valence-corrected chi connectivity index (χ0v) is 12.8. The number of rotatable bonds is 3. The third-order valence-corrected chi connectivity index (χ3v) is 3.66. The first-order valence-electron chi connectivity index (χ1n) is 6.47. The molecular weight excluding hydrogens is 325 g/mol. The number of H-pyrrole nitrogens is 2. The van der Waals surface area contributed by atoms with Crippen molar-refractivity contribution in [3.63, 3.8) is 0 Å². The van der Waals surface area contributed by atoms with Gasteiger partial charge in [-0.05, 0) is 42.0 Å². The number of nitrogens with one attached hydrogen (secondary N) is 3. The molecule has 0 aliphatic heterocycles. The molecule has 0 aliphatic carbocycles. The zero-order valence-electron chi connectivity index (χ0n) is 11.2. The van der Waals surface area contributed by atoms with Crippen molar-refractivity contribution in [2.75, 3.05) is 0 Å². The van der Waals surface area contributed by atoms with Crippen LogP contribution < -0.4 is 5.32 Å². The van der Waals surface area contributed by atoms with Gasteiger partial charge in [0.25, 0.3) is 5.91 Å². The van der Waals surface area contributed by atoms with Crippen LogP contribution in [0.4, 0.5) is 4.39 Å². The molecule has 0 atom stereocenters. The number of amides is 1. The Balaban J connectivity index is 1.85. The summed E-state index contributed by atoms with van der Waals surface area (Å²) >= 11 is 10.8. The van der Waals surface area contributed by atoms with Crippen LogP contribution in [0, 0.1) is 10.6 Å². The first kappa shape index (κ1) is 14.7. The van der Waals surface area contributed by atoms with E-state index in [1.54, 1.807) is 12.1 Å². The molecule has 1 aromatic heterocycles. The van der Waals surface area contributed by atoms with Crippen molar-refractivity contribution in [2.24, 2.45) is 0 Å². The maximum atomic E-state index is 13.6. The van der Waals surface area contributed by atoms with Crippen LogP contribution in [-0.2, 0) is 6.54 Å². The number of aromatic amines is 2. The lowest BCUT2D eigenvalue weighted by Crippen LogP contribution is -2.23. The molecule has 112 valence electrons. The number of hydrogen-bond donors (Lipinski definition) is 3. The van der Waals surface area contributed by atoms with Crippen molar-refractivity contribution in [3.8, 4) is 0 Å². The topological polar surface area (TPSA) is 60.7 Å². The molecule has 3 rings (SSSR count). The molecule has 0 unspecified atom stereocenters. The number of aromatic nitrogens is 2. The van der Waals surface area contributed by atoms with Gasteiger partial charge in [0.1, 0.15) is 5.82 Å². The molecule has 0 radical (unpaired) electrons. The Hall–Kier alpha value is -2.18. The third-order valence-electron chi connectivity index (χ3n) is 3.20. The highest BCUT2D eigenvalue weighted by molar-refractivity contribution is 7.71. The predicted molar refractivity (Wildman–Crippen MR) is 86.1 cm³/mol. The van der Waals surface area contributed by atoms with Crippen LogP contribution in [0.1, 0.15) is 15.9 Å². The van der Waals surface area contributed by atoms with Gasteiger partial charge >= 0.3 is 0 Å². The van der Waals surface area contributed by atoms with Gasteiger partial charge in [0, 0.05) is 11.6 Å². The second kappa shape index (κ2) is 5.90. The van der Waals surface area contributed by atoms with Crippen molar-refractivity contribution in [1.29, 1.82) is 0 Å². The van der Waals surface area contributed by atoms with E-state index in [-0.39, 0.29) is 11.5 Å². The Morgan fingerprint density at radius 2 is 1.95 bits per heavy atom. The molecule has 4 nitrogen and oxygen atoms in total. The van der Waals surface area contributed by atoms with Crippen LogP contribution in [0.3, 0.4) is 0 Å². The van der Waals surface area contributed by atoms with Gasteiger partial charge in [-0.1, -0.05) is 23.7 Å². The highest BCUT2D eigenvalue weighted by atomic mass is 35.5. The van der Waals surface area contributed by atoms with Gasteiger partial charge in [0.2, 0.25) is 0 Å². The molecular formula is C15H11ClFN3OS. The number of halogens is 2. The van der Waals surface area contributed by atoms with Crippen LogP contribution in [0.2, 0.25) is 5.02 Å². The quantitative estimate of drug-likeness (QED) is 0.635. The monoisotopic (exact) mass is 335 g/mol. The van der Waals surface area contributed by atoms with E-state index in [0.717, 1.165) is 5.56 Å². The van der Waals surface area contributed by atoms with Gasteiger partial charge in [-0.2, -0.15) is 0 Å². The van der Waals surface area contributed by atoms with Crippen molar-refractivity contribution in [1.82, 2.24) is 15.3 Å². The summed E-state index contributed by atoms with van der Waals surface area (Å²) in [4.78, 5) is 17.9. The first-order chi connectivity index (χ1) is 10.5. The molecule has 0 aliphatic rings. The minimum atomic E-state index is -0.505. The number of benzene rings is 2. The standard InChI is InChI=1S/C15H11ClFN3OS/c16-9-3-1-8(2-4-9)7-18-14(21)11-5-10(17)6-12-13(11)20-15(22)19-12/h1-6H,7H2,(H,18,21)(H2,19,20,22). The largest absolute Gasteiger partial charge is 0.348 e. The molecule has 0 saturated heterocycles. The molecule has 2 aromatic carbocycles. The first-order valence-corrected chi connectivity index (χ1v) is 7.26. The van der Waals surface area contributed by atoms with Crippen LogP contribution in [0.5, 0.6) is 0 Å². The van der Waals surface area contributed by atoms with Gasteiger partial charge in [-0.25, -0.2) is 4.39 Å². The molecule has 3 N–H and O–H groups in total. The highest BCUT2D eigenvalue weighted by Crippen LogP contribution is 2.18. The van der Waals surface area contributed by atoms with E-state index in [9.17, 15) is 9.18 Å². The van der Waals surface area contributed by atoms with Crippen LogP contribution in [-0.4, -0.2) is 15.9 Å². The Labute approximate surface area is 135 Å². The second-order valence-corrected chi connectivity index (χ2v) is 5.61. The summed E-state index contributed by atoms with van der Waals surface area (Å²) in [6.07, 6.45) is 0. The van der Waals surface area contributed by atoms with E-state index < -0.39 is 5.82 Å². The second-order valence-electron chi connectivity index (χ2n) is 4.76. The average molecular weight is 336 g/mol. The SMILES string of the molecule is O=C(NCc1ccc(Cl)cc1)c1cc(F)cc2[nH]c(=S)[nH]c12. The summed E-state index contributed by atoms with van der Waals surface area (Å²) in [6.45, 7) is 0.319. The smallest absolute Gasteiger partial charge is 0.253 e. The lowest BCUT2D eigenvalue weighted by molar-refractivity contribution is 0.0952. The normalized spacial score (nSPS) is 10.8. The van der Waals surface area contributed by atoms with Gasteiger partial charge in [0.15, 0.2) is 4.77 Å². The van der Waals surface area contributed by atoms with E-state index >= 15 is 0 Å². The molecule has 3 aromatic rings. The number of imidazole rings is 1. The fourth-order valence-corrected chi connectivity index (χ4v) is 2.50. The Morgan fingerprint density at radius 3 is 2.68 bits per heavy atom. The van der Waals surface area contributed by atoms with E-state index in [4.69, 9.17) is 23.8 Å². The highest BCUT2D eigenvalue weighted by Gasteiger charge is 2.13. The summed E-state index contributed by atoms with van der Waals surface area (Å²) in [7, 11) is 0. The maximum absolute atomic E-state index is 13.6. The maximum Gasteiger partial charge on any atom is 0.253 e. The Bertz CT molecular complexity index is 901. The number of carbonyl (C=O) groups is 1. The van der Waals surface area contributed by atoms with Crippen LogP contribution in [0.25, 0.3) is 11.0 Å². The minimum absolute atomic E-state index is 0.205. The number of hydrogen-bond acceptors (Lipinski definition) is 2. The van der Waals surface area contributed by atoms with Crippen molar-refractivity contribution in [2.45, 2.75) is 6.54 Å². The van der Waals surface area contributed by atoms with Gasteiger partial charge in [-0.15, -0.1) is 0 Å². The summed E-state index contributed by atoms with van der Waals surface area (Å²) in [5.74, 6) is -0.890. The Kier molecular flexibility index (Phi) is 3.96.